The molecule has 2 aliphatic heterocycles. The number of anilines is 3. The minimum atomic E-state index is -0.0353. The van der Waals surface area contributed by atoms with Crippen LogP contribution in [-0.2, 0) is 0 Å². The number of rotatable bonds is 2. The van der Waals surface area contributed by atoms with Crippen LogP contribution in [0.1, 0.15) is 0 Å². The third-order valence-electron chi connectivity index (χ3n) is 12.2. The SMILES string of the molecule is c1ccc(-n2c3ccccc3c3c4c5c(cc32)N(c2ccc3ccccc3c2)c2cc3ccccc3cc2B5n2c3ccccc3c3cccc-4c32)cc1. The lowest BCUT2D eigenvalue weighted by atomic mass is 9.44. The fourth-order valence-electron chi connectivity index (χ4n) is 10.1. The van der Waals surface area contributed by atoms with Crippen molar-refractivity contribution in [1.29, 1.82) is 0 Å². The van der Waals surface area contributed by atoms with Gasteiger partial charge in [-0.3, -0.25) is 0 Å². The van der Waals surface area contributed by atoms with Crippen molar-refractivity contribution in [3.8, 4) is 16.8 Å². The summed E-state index contributed by atoms with van der Waals surface area (Å²) in [7, 11) is 0. The maximum Gasteiger partial charge on any atom is 0.333 e. The Kier molecular flexibility index (Phi) is 5.45. The summed E-state index contributed by atoms with van der Waals surface area (Å²) >= 11 is 0. The molecule has 4 heterocycles. The van der Waals surface area contributed by atoms with E-state index in [-0.39, 0.29) is 6.85 Å². The van der Waals surface area contributed by atoms with Crippen LogP contribution in [0.15, 0.2) is 182 Å². The minimum Gasteiger partial charge on any atom is -0.375 e. The van der Waals surface area contributed by atoms with Crippen LogP contribution in [0.4, 0.5) is 17.1 Å². The summed E-state index contributed by atoms with van der Waals surface area (Å²) in [4.78, 5) is 2.56. The largest absolute Gasteiger partial charge is 0.375 e. The van der Waals surface area contributed by atoms with E-state index in [1.807, 2.05) is 0 Å². The molecule has 54 heavy (non-hydrogen) atoms. The van der Waals surface area contributed by atoms with Gasteiger partial charge in [-0.15, -0.1) is 0 Å². The van der Waals surface area contributed by atoms with E-state index in [0.29, 0.717) is 0 Å². The van der Waals surface area contributed by atoms with E-state index in [2.05, 4.69) is 196 Å². The van der Waals surface area contributed by atoms with Crippen LogP contribution < -0.4 is 15.8 Å². The lowest BCUT2D eigenvalue weighted by molar-refractivity contribution is 1.18. The number of fused-ring (bicyclic) bond motifs is 13. The van der Waals surface area contributed by atoms with Gasteiger partial charge >= 0.3 is 6.85 Å². The Bertz CT molecular complexity index is 3410. The lowest BCUT2D eigenvalue weighted by Gasteiger charge is -2.41. The van der Waals surface area contributed by atoms with Crippen molar-refractivity contribution in [2.45, 2.75) is 0 Å². The molecular formula is C50H30BN3. The van der Waals surface area contributed by atoms with E-state index in [0.717, 1.165) is 11.4 Å². The van der Waals surface area contributed by atoms with Gasteiger partial charge in [0, 0.05) is 60.9 Å². The molecule has 0 aliphatic carbocycles. The molecule has 248 valence electrons. The predicted octanol–water partition coefficient (Wildman–Crippen LogP) is 11.6. The van der Waals surface area contributed by atoms with Crippen LogP contribution in [0, 0.1) is 0 Å². The molecule has 3 nitrogen and oxygen atoms in total. The van der Waals surface area contributed by atoms with Gasteiger partial charge in [-0.2, -0.15) is 0 Å². The Morgan fingerprint density at radius 2 is 1.07 bits per heavy atom. The molecule has 11 aromatic rings. The monoisotopic (exact) mass is 683 g/mol. The highest BCUT2D eigenvalue weighted by Gasteiger charge is 2.44. The summed E-state index contributed by atoms with van der Waals surface area (Å²) in [5.41, 5.74) is 15.1. The molecule has 0 radical (unpaired) electrons. The van der Waals surface area contributed by atoms with Crippen molar-refractivity contribution < 1.29 is 0 Å². The van der Waals surface area contributed by atoms with Gasteiger partial charge in [-0.25, -0.2) is 0 Å². The molecule has 2 aromatic heterocycles. The zero-order chi connectivity index (χ0) is 35.1. The zero-order valence-corrected chi connectivity index (χ0v) is 29.2. The predicted molar refractivity (Wildman–Crippen MR) is 229 cm³/mol. The number of para-hydroxylation sites is 4. The van der Waals surface area contributed by atoms with Crippen LogP contribution in [0.25, 0.3) is 82.0 Å². The van der Waals surface area contributed by atoms with Crippen LogP contribution >= 0.6 is 0 Å². The van der Waals surface area contributed by atoms with Crippen LogP contribution in [0.3, 0.4) is 0 Å². The maximum atomic E-state index is 2.67. The smallest absolute Gasteiger partial charge is 0.333 e. The van der Waals surface area contributed by atoms with Crippen molar-refractivity contribution >= 4 is 100.0 Å². The first-order valence-electron chi connectivity index (χ1n) is 18.8. The number of aromatic nitrogens is 2. The topological polar surface area (TPSA) is 13.1 Å². The third kappa shape index (κ3) is 3.57. The number of hydrogen-bond donors (Lipinski definition) is 0. The van der Waals surface area contributed by atoms with E-state index < -0.39 is 0 Å². The van der Waals surface area contributed by atoms with Gasteiger partial charge in [-0.1, -0.05) is 133 Å². The molecule has 4 heteroatoms. The molecule has 0 amide bonds. The van der Waals surface area contributed by atoms with Crippen LogP contribution in [0.5, 0.6) is 0 Å². The lowest BCUT2D eigenvalue weighted by Crippen LogP contribution is -2.56. The molecule has 0 spiro atoms. The molecular weight excluding hydrogens is 653 g/mol. The zero-order valence-electron chi connectivity index (χ0n) is 29.2. The fourth-order valence-corrected chi connectivity index (χ4v) is 10.1. The molecule has 0 N–H and O–H groups in total. The summed E-state index contributed by atoms with van der Waals surface area (Å²) in [6.45, 7) is -0.0353. The molecule has 0 saturated carbocycles. The maximum absolute atomic E-state index is 2.67. The van der Waals surface area contributed by atoms with Gasteiger partial charge in [-0.05, 0) is 86.6 Å². The van der Waals surface area contributed by atoms with E-state index in [1.165, 1.54) is 98.6 Å². The molecule has 0 saturated heterocycles. The molecule has 13 rings (SSSR count). The molecule has 0 atom stereocenters. The van der Waals surface area contributed by atoms with Gasteiger partial charge in [0.15, 0.2) is 0 Å². The van der Waals surface area contributed by atoms with Gasteiger partial charge in [0.25, 0.3) is 0 Å². The minimum absolute atomic E-state index is 0.0353. The second-order valence-corrected chi connectivity index (χ2v) is 14.9. The second-order valence-electron chi connectivity index (χ2n) is 14.9. The third-order valence-corrected chi connectivity index (χ3v) is 12.2. The summed E-state index contributed by atoms with van der Waals surface area (Å²) in [6, 6.07) is 67.8. The van der Waals surface area contributed by atoms with Crippen molar-refractivity contribution in [2.24, 2.45) is 0 Å². The molecule has 0 bridgehead atoms. The Hall–Kier alpha value is -7.04. The highest BCUT2D eigenvalue weighted by atomic mass is 15.2. The summed E-state index contributed by atoms with van der Waals surface area (Å²) in [6.07, 6.45) is 0. The highest BCUT2D eigenvalue weighted by molar-refractivity contribution is 6.90. The standard InChI is InChI=1S/C50H30BN3/c1-2-17-35(18-3-1)52-42-23-10-9-20-39(42)47-45(52)30-46-49-48(47)40-22-12-21-38-37-19-8-11-24-43(37)54(50(38)40)51(49)41-28-33-15-6-7-16-34(33)29-44(41)53(46)36-26-25-31-13-4-5-14-32(31)27-36/h1-30H. The van der Waals surface area contributed by atoms with E-state index in [1.54, 1.807) is 0 Å². The summed E-state index contributed by atoms with van der Waals surface area (Å²) < 4.78 is 5.15. The van der Waals surface area contributed by atoms with Gasteiger partial charge < -0.3 is 13.9 Å². The van der Waals surface area contributed by atoms with Gasteiger partial charge in [0.1, 0.15) is 0 Å². The molecule has 2 aliphatic rings. The summed E-state index contributed by atoms with van der Waals surface area (Å²) in [5, 5.41) is 10.2. The van der Waals surface area contributed by atoms with Crippen molar-refractivity contribution in [3.63, 3.8) is 0 Å². The first kappa shape index (κ1) is 28.5. The van der Waals surface area contributed by atoms with Gasteiger partial charge in [0.05, 0.1) is 11.0 Å². The van der Waals surface area contributed by atoms with Gasteiger partial charge in [0.2, 0.25) is 0 Å². The molecule has 0 unspecified atom stereocenters. The highest BCUT2D eigenvalue weighted by Crippen LogP contribution is 2.50. The quantitative estimate of drug-likeness (QED) is 0.165. The Morgan fingerprint density at radius 3 is 1.91 bits per heavy atom. The van der Waals surface area contributed by atoms with E-state index >= 15 is 0 Å². The Balaban J connectivity index is 1.29. The average molecular weight is 684 g/mol. The first-order valence-corrected chi connectivity index (χ1v) is 18.8. The van der Waals surface area contributed by atoms with E-state index in [4.69, 9.17) is 0 Å². The van der Waals surface area contributed by atoms with Crippen LogP contribution in [0.2, 0.25) is 0 Å². The average Bonchev–Trinajstić information content (AvgIpc) is 3.75. The van der Waals surface area contributed by atoms with Crippen molar-refractivity contribution in [1.82, 2.24) is 9.05 Å². The Morgan fingerprint density at radius 1 is 0.407 bits per heavy atom. The number of nitrogens with zero attached hydrogens (tertiary/aromatic N) is 3. The van der Waals surface area contributed by atoms with Crippen LogP contribution in [-0.4, -0.2) is 15.9 Å². The number of benzene rings is 9. The van der Waals surface area contributed by atoms with Crippen molar-refractivity contribution in [2.75, 3.05) is 4.90 Å². The normalized spacial score (nSPS) is 13.1. The summed E-state index contributed by atoms with van der Waals surface area (Å²) in [5.74, 6) is 0. The molecule has 9 aromatic carbocycles. The second kappa shape index (κ2) is 10.3. The fraction of sp³-hybridized carbons (Fsp3) is 0. The Labute approximate surface area is 311 Å². The van der Waals surface area contributed by atoms with Crippen molar-refractivity contribution in [3.05, 3.63) is 182 Å². The first-order chi connectivity index (χ1) is 26.8. The number of hydrogen-bond acceptors (Lipinski definition) is 1. The molecule has 0 fully saturated rings. The van der Waals surface area contributed by atoms with E-state index in [9.17, 15) is 0 Å².